The number of ether oxygens (including phenoxy) is 1. The number of carbonyl (C=O) groups excluding carboxylic acids is 2. The van der Waals surface area contributed by atoms with E-state index in [1.165, 1.54) is 17.0 Å². The number of aryl methyl sites for hydroxylation is 1. The van der Waals surface area contributed by atoms with E-state index >= 15 is 0 Å². The minimum atomic E-state index is -0.543. The van der Waals surface area contributed by atoms with E-state index in [0.29, 0.717) is 18.9 Å². The highest BCUT2D eigenvalue weighted by Gasteiger charge is 2.24. The van der Waals surface area contributed by atoms with Gasteiger partial charge in [0, 0.05) is 19.7 Å². The molecule has 0 atom stereocenters. The highest BCUT2D eigenvalue weighted by atomic mass is 19.1. The van der Waals surface area contributed by atoms with E-state index in [1.54, 1.807) is 38.0 Å². The zero-order valence-corrected chi connectivity index (χ0v) is 17.3. The van der Waals surface area contributed by atoms with Gasteiger partial charge in [-0.15, -0.1) is 0 Å². The van der Waals surface area contributed by atoms with Crippen LogP contribution in [0.4, 0.5) is 14.9 Å². The molecule has 1 heterocycles. The number of para-hydroxylation sites is 1. The van der Waals surface area contributed by atoms with E-state index in [0.717, 1.165) is 5.76 Å². The maximum absolute atomic E-state index is 13.9. The van der Waals surface area contributed by atoms with Crippen LogP contribution in [0.2, 0.25) is 0 Å². The molecule has 0 bridgehead atoms. The molecule has 158 valence electrons. The lowest BCUT2D eigenvalue weighted by atomic mass is 10.3. The molecule has 29 heavy (non-hydrogen) atoms. The lowest BCUT2D eigenvalue weighted by molar-refractivity contribution is -0.133. The minimum Gasteiger partial charge on any atom is -0.464 e. The summed E-state index contributed by atoms with van der Waals surface area (Å²) in [4.78, 5) is 28.5. The van der Waals surface area contributed by atoms with Crippen LogP contribution >= 0.6 is 0 Å². The SMILES string of the molecule is COCCN(Cc1ccc(C)o1)C(=O)CN(C(=O)Nc1ccccc1F)C(C)C. The van der Waals surface area contributed by atoms with Crippen molar-refractivity contribution in [1.29, 1.82) is 0 Å². The van der Waals surface area contributed by atoms with Crippen LogP contribution in [-0.4, -0.2) is 54.6 Å². The third-order valence-corrected chi connectivity index (χ3v) is 4.37. The maximum atomic E-state index is 13.9. The van der Waals surface area contributed by atoms with Gasteiger partial charge in [0.1, 0.15) is 23.9 Å². The number of hydrogen-bond acceptors (Lipinski definition) is 4. The standard InChI is InChI=1S/C21H28FN3O4/c1-15(2)25(21(27)23-19-8-6-5-7-18(19)22)14-20(26)24(11-12-28-4)13-17-10-9-16(3)29-17/h5-10,15H,11-14H2,1-4H3,(H,23,27). The molecule has 0 spiro atoms. The van der Waals surface area contributed by atoms with Crippen LogP contribution in [0.25, 0.3) is 0 Å². The fraction of sp³-hybridized carbons (Fsp3) is 0.429. The number of benzene rings is 1. The predicted octanol–water partition coefficient (Wildman–Crippen LogP) is 3.64. The molecule has 0 fully saturated rings. The highest BCUT2D eigenvalue weighted by molar-refractivity contribution is 5.92. The molecule has 1 aromatic heterocycles. The van der Waals surface area contributed by atoms with Crippen molar-refractivity contribution < 1.29 is 23.1 Å². The number of carbonyl (C=O) groups is 2. The van der Waals surface area contributed by atoms with Crippen LogP contribution in [0, 0.1) is 12.7 Å². The Morgan fingerprint density at radius 1 is 1.21 bits per heavy atom. The first-order valence-electron chi connectivity index (χ1n) is 9.46. The van der Waals surface area contributed by atoms with Crippen LogP contribution in [-0.2, 0) is 16.1 Å². The predicted molar refractivity (Wildman–Crippen MR) is 108 cm³/mol. The van der Waals surface area contributed by atoms with Crippen molar-refractivity contribution in [3.05, 3.63) is 53.7 Å². The zero-order valence-electron chi connectivity index (χ0n) is 17.3. The average Bonchev–Trinajstić information content (AvgIpc) is 3.09. The normalized spacial score (nSPS) is 10.8. The minimum absolute atomic E-state index is 0.0675. The second-order valence-electron chi connectivity index (χ2n) is 6.95. The molecule has 3 amide bonds. The Bertz CT molecular complexity index is 822. The van der Waals surface area contributed by atoms with Crippen molar-refractivity contribution in [1.82, 2.24) is 9.80 Å². The Balaban J connectivity index is 2.09. The van der Waals surface area contributed by atoms with E-state index < -0.39 is 11.8 Å². The molecule has 0 saturated carbocycles. The number of furan rings is 1. The van der Waals surface area contributed by atoms with Gasteiger partial charge in [-0.2, -0.15) is 0 Å². The van der Waals surface area contributed by atoms with Crippen molar-refractivity contribution in [2.45, 2.75) is 33.4 Å². The molecule has 0 aliphatic rings. The van der Waals surface area contributed by atoms with Crippen LogP contribution in [0.3, 0.4) is 0 Å². The van der Waals surface area contributed by atoms with Crippen LogP contribution in [0.15, 0.2) is 40.8 Å². The third-order valence-electron chi connectivity index (χ3n) is 4.37. The van der Waals surface area contributed by atoms with E-state index in [-0.39, 0.29) is 30.7 Å². The maximum Gasteiger partial charge on any atom is 0.322 e. The summed E-state index contributed by atoms with van der Waals surface area (Å²) in [5.74, 6) is 0.616. The molecule has 1 N–H and O–H groups in total. The molecule has 7 nitrogen and oxygen atoms in total. The number of anilines is 1. The van der Waals surface area contributed by atoms with E-state index in [4.69, 9.17) is 9.15 Å². The fourth-order valence-corrected chi connectivity index (χ4v) is 2.74. The number of amides is 3. The summed E-state index contributed by atoms with van der Waals surface area (Å²) in [7, 11) is 1.56. The topological polar surface area (TPSA) is 75.0 Å². The molecule has 1 aromatic carbocycles. The van der Waals surface area contributed by atoms with Gasteiger partial charge in [-0.25, -0.2) is 9.18 Å². The van der Waals surface area contributed by atoms with Gasteiger partial charge >= 0.3 is 6.03 Å². The Labute approximate surface area is 170 Å². The van der Waals surface area contributed by atoms with Gasteiger partial charge in [-0.05, 0) is 45.0 Å². The Morgan fingerprint density at radius 3 is 2.52 bits per heavy atom. The molecule has 2 rings (SSSR count). The van der Waals surface area contributed by atoms with Gasteiger partial charge in [-0.1, -0.05) is 12.1 Å². The molecule has 0 aliphatic carbocycles. The highest BCUT2D eigenvalue weighted by Crippen LogP contribution is 2.15. The number of nitrogens with one attached hydrogen (secondary N) is 1. The molecule has 0 aliphatic heterocycles. The monoisotopic (exact) mass is 405 g/mol. The second kappa shape index (κ2) is 10.6. The first-order valence-corrected chi connectivity index (χ1v) is 9.46. The molecule has 2 aromatic rings. The van der Waals surface area contributed by atoms with Gasteiger partial charge in [0.05, 0.1) is 18.8 Å². The fourth-order valence-electron chi connectivity index (χ4n) is 2.74. The zero-order chi connectivity index (χ0) is 21.4. The summed E-state index contributed by atoms with van der Waals surface area (Å²) in [6.07, 6.45) is 0. The van der Waals surface area contributed by atoms with E-state index in [1.807, 2.05) is 19.1 Å². The molecule has 0 saturated heterocycles. The summed E-state index contributed by atoms with van der Waals surface area (Å²) in [6, 6.07) is 8.74. The molecule has 0 radical (unpaired) electrons. The Hall–Kier alpha value is -2.87. The van der Waals surface area contributed by atoms with Crippen molar-refractivity contribution >= 4 is 17.6 Å². The summed E-state index contributed by atoms with van der Waals surface area (Å²) in [5.41, 5.74) is 0.0675. The largest absolute Gasteiger partial charge is 0.464 e. The van der Waals surface area contributed by atoms with Crippen LogP contribution in [0.1, 0.15) is 25.4 Å². The smallest absolute Gasteiger partial charge is 0.322 e. The summed E-state index contributed by atoms with van der Waals surface area (Å²) in [5, 5.41) is 2.53. The van der Waals surface area contributed by atoms with E-state index in [9.17, 15) is 14.0 Å². The lowest BCUT2D eigenvalue weighted by Gasteiger charge is -2.29. The molecule has 8 heteroatoms. The lowest BCUT2D eigenvalue weighted by Crippen LogP contribution is -2.47. The number of nitrogens with zero attached hydrogens (tertiary/aromatic N) is 2. The molecular weight excluding hydrogens is 377 g/mol. The van der Waals surface area contributed by atoms with Crippen molar-refractivity contribution in [2.24, 2.45) is 0 Å². The third kappa shape index (κ3) is 6.60. The van der Waals surface area contributed by atoms with Gasteiger partial charge in [0.15, 0.2) is 0 Å². The number of hydrogen-bond donors (Lipinski definition) is 1. The van der Waals surface area contributed by atoms with E-state index in [2.05, 4.69) is 5.32 Å². The summed E-state index contributed by atoms with van der Waals surface area (Å²) >= 11 is 0. The number of methoxy groups -OCH3 is 1. The second-order valence-corrected chi connectivity index (χ2v) is 6.95. The molecular formula is C21H28FN3O4. The van der Waals surface area contributed by atoms with Crippen LogP contribution in [0.5, 0.6) is 0 Å². The number of urea groups is 1. The van der Waals surface area contributed by atoms with Crippen molar-refractivity contribution in [2.75, 3.05) is 32.1 Å². The van der Waals surface area contributed by atoms with Gasteiger partial charge < -0.3 is 24.3 Å². The Kier molecular flexibility index (Phi) is 8.21. The quantitative estimate of drug-likeness (QED) is 0.691. The number of halogens is 1. The Morgan fingerprint density at radius 2 is 1.93 bits per heavy atom. The van der Waals surface area contributed by atoms with Gasteiger partial charge in [0.2, 0.25) is 5.91 Å². The number of rotatable bonds is 9. The summed E-state index contributed by atoms with van der Waals surface area (Å²) in [6.45, 7) is 6.26. The molecule has 0 unspecified atom stereocenters. The van der Waals surface area contributed by atoms with Crippen molar-refractivity contribution in [3.8, 4) is 0 Å². The van der Waals surface area contributed by atoms with Gasteiger partial charge in [0.25, 0.3) is 0 Å². The first-order chi connectivity index (χ1) is 13.8. The summed E-state index contributed by atoms with van der Waals surface area (Å²) < 4.78 is 24.5. The first kappa shape index (κ1) is 22.4. The van der Waals surface area contributed by atoms with Crippen LogP contribution < -0.4 is 5.32 Å². The average molecular weight is 405 g/mol. The van der Waals surface area contributed by atoms with Crippen molar-refractivity contribution in [3.63, 3.8) is 0 Å². The van der Waals surface area contributed by atoms with Gasteiger partial charge in [-0.3, -0.25) is 4.79 Å².